The van der Waals surface area contributed by atoms with Crippen LogP contribution in [0.5, 0.6) is 5.75 Å². The molecule has 0 unspecified atom stereocenters. The summed E-state index contributed by atoms with van der Waals surface area (Å²) in [7, 11) is 0. The van der Waals surface area contributed by atoms with Crippen LogP contribution in [0.1, 0.15) is 24.8 Å². The van der Waals surface area contributed by atoms with Crippen LogP contribution in [-0.2, 0) is 4.79 Å². The van der Waals surface area contributed by atoms with Crippen LogP contribution in [0, 0.1) is 5.92 Å². The maximum Gasteiger partial charge on any atom is 0.307 e. The smallest absolute Gasteiger partial charge is 0.307 e. The molecular formula is C22H19N5O4. The molecule has 0 radical (unpaired) electrons. The Hall–Kier alpha value is -4.01. The van der Waals surface area contributed by atoms with Crippen LogP contribution < -0.4 is 10.3 Å². The lowest BCUT2D eigenvalue weighted by Gasteiger charge is -2.12. The van der Waals surface area contributed by atoms with E-state index in [2.05, 4.69) is 25.4 Å². The van der Waals surface area contributed by atoms with E-state index >= 15 is 0 Å². The van der Waals surface area contributed by atoms with Crippen molar-refractivity contribution in [2.75, 3.05) is 6.61 Å². The minimum atomic E-state index is -0.746. The average molecular weight is 417 g/mol. The zero-order valence-corrected chi connectivity index (χ0v) is 16.6. The van der Waals surface area contributed by atoms with Crippen molar-refractivity contribution in [2.24, 2.45) is 5.92 Å². The second-order valence-electron chi connectivity index (χ2n) is 7.48. The number of carbonyl (C=O) groups is 1. The van der Waals surface area contributed by atoms with Gasteiger partial charge in [-0.1, -0.05) is 35.5 Å². The van der Waals surface area contributed by atoms with Crippen LogP contribution in [0.15, 0.2) is 47.3 Å². The summed E-state index contributed by atoms with van der Waals surface area (Å²) in [4.78, 5) is 30.6. The summed E-state index contributed by atoms with van der Waals surface area (Å²) in [6, 6.07) is 13.6. The number of benzene rings is 2. The van der Waals surface area contributed by atoms with E-state index < -0.39 is 5.97 Å². The van der Waals surface area contributed by atoms with Crippen molar-refractivity contribution in [2.45, 2.75) is 19.3 Å². The summed E-state index contributed by atoms with van der Waals surface area (Å²) in [6.07, 6.45) is 0.673. The molecule has 0 aliphatic heterocycles. The average Bonchev–Trinajstić information content (AvgIpc) is 3.44. The molecule has 0 amide bonds. The molecule has 1 aliphatic rings. The number of aromatic nitrogens is 5. The number of fused-ring (bicyclic) bond motifs is 1. The Morgan fingerprint density at radius 3 is 2.84 bits per heavy atom. The molecule has 1 fully saturated rings. The molecule has 2 heterocycles. The number of carboxylic acid groups (broad SMARTS) is 1. The number of hydrogen-bond acceptors (Lipinski definition) is 6. The number of hydrogen-bond donors (Lipinski definition) is 3. The molecular weight excluding hydrogens is 398 g/mol. The first-order valence-corrected chi connectivity index (χ1v) is 9.96. The summed E-state index contributed by atoms with van der Waals surface area (Å²) in [6.45, 7) is 2.32. The van der Waals surface area contributed by atoms with Gasteiger partial charge in [-0.2, -0.15) is 0 Å². The first kappa shape index (κ1) is 19.0. The predicted octanol–water partition coefficient (Wildman–Crippen LogP) is 2.96. The maximum atomic E-state index is 12.3. The molecule has 31 heavy (non-hydrogen) atoms. The highest BCUT2D eigenvalue weighted by Crippen LogP contribution is 2.48. The maximum absolute atomic E-state index is 12.3. The topological polar surface area (TPSA) is 134 Å². The highest BCUT2D eigenvalue weighted by atomic mass is 16.5. The van der Waals surface area contributed by atoms with Crippen LogP contribution in [0.25, 0.3) is 33.7 Å². The van der Waals surface area contributed by atoms with Crippen molar-refractivity contribution >= 4 is 17.1 Å². The number of nitrogens with zero attached hydrogens (tertiary/aromatic N) is 3. The standard InChI is InChI=1S/C22H19N5O4/c1-2-31-17-9-12(11-4-3-5-13(8-11)15-10-16(15)22(29)30)6-7-14(17)19-23-20-18(21(28)24-19)25-27-26-20/h3-9,15-16H,2,10H2,1H3,(H,29,30)(H2,23,24,25,26,27,28)/t15-,16-/m1/s1. The second kappa shape index (κ2) is 7.35. The van der Waals surface area contributed by atoms with Gasteiger partial charge in [0.15, 0.2) is 11.2 Å². The normalized spacial score (nSPS) is 17.6. The van der Waals surface area contributed by atoms with E-state index in [0.717, 1.165) is 16.7 Å². The lowest BCUT2D eigenvalue weighted by atomic mass is 9.99. The fourth-order valence-electron chi connectivity index (χ4n) is 3.85. The van der Waals surface area contributed by atoms with Crippen molar-refractivity contribution in [3.8, 4) is 28.3 Å². The SMILES string of the molecule is CCOc1cc(-c2cccc([C@H]3C[C@H]3C(=O)O)c2)ccc1-c1nc2[nH]nnc2c(=O)[nH]1. The molecule has 9 nitrogen and oxygen atoms in total. The molecule has 5 rings (SSSR count). The van der Waals surface area contributed by atoms with Crippen molar-refractivity contribution in [1.29, 1.82) is 0 Å². The van der Waals surface area contributed by atoms with Gasteiger partial charge in [0.2, 0.25) is 0 Å². The summed E-state index contributed by atoms with van der Waals surface area (Å²) >= 11 is 0. The van der Waals surface area contributed by atoms with Gasteiger partial charge < -0.3 is 14.8 Å². The van der Waals surface area contributed by atoms with Crippen LogP contribution in [0.3, 0.4) is 0 Å². The van der Waals surface area contributed by atoms with E-state index in [4.69, 9.17) is 4.74 Å². The molecule has 9 heteroatoms. The first-order valence-electron chi connectivity index (χ1n) is 9.96. The van der Waals surface area contributed by atoms with Gasteiger partial charge in [0.1, 0.15) is 11.6 Å². The molecule has 1 saturated carbocycles. The number of rotatable bonds is 6. The Morgan fingerprint density at radius 1 is 1.23 bits per heavy atom. The van der Waals surface area contributed by atoms with E-state index in [1.165, 1.54) is 0 Å². The van der Waals surface area contributed by atoms with E-state index in [-0.39, 0.29) is 22.9 Å². The van der Waals surface area contributed by atoms with Gasteiger partial charge >= 0.3 is 5.97 Å². The highest BCUT2D eigenvalue weighted by molar-refractivity contribution is 5.78. The number of H-pyrrole nitrogens is 2. The first-order chi connectivity index (χ1) is 15.0. The van der Waals surface area contributed by atoms with Crippen LogP contribution in [0.4, 0.5) is 0 Å². The molecule has 3 N–H and O–H groups in total. The summed E-state index contributed by atoms with van der Waals surface area (Å²) < 4.78 is 5.84. The molecule has 2 atom stereocenters. The zero-order chi connectivity index (χ0) is 21.5. The minimum Gasteiger partial charge on any atom is -0.493 e. The number of aliphatic carboxylic acids is 1. The Morgan fingerprint density at radius 2 is 2.06 bits per heavy atom. The third-order valence-corrected chi connectivity index (χ3v) is 5.49. The Kier molecular flexibility index (Phi) is 4.50. The van der Waals surface area contributed by atoms with Crippen LogP contribution in [0.2, 0.25) is 0 Å². The van der Waals surface area contributed by atoms with Crippen molar-refractivity contribution in [3.63, 3.8) is 0 Å². The monoisotopic (exact) mass is 417 g/mol. The fraction of sp³-hybridized carbons (Fsp3) is 0.227. The third-order valence-electron chi connectivity index (χ3n) is 5.49. The Bertz CT molecular complexity index is 1360. The summed E-state index contributed by atoms with van der Waals surface area (Å²) in [5.74, 6) is -0.0485. The van der Waals surface area contributed by atoms with Crippen molar-refractivity contribution in [3.05, 3.63) is 58.4 Å². The number of aromatic amines is 2. The number of carboxylic acids is 1. The van der Waals surface area contributed by atoms with E-state index in [0.29, 0.717) is 35.8 Å². The lowest BCUT2D eigenvalue weighted by Crippen LogP contribution is -2.10. The molecule has 4 aromatic rings. The van der Waals surface area contributed by atoms with Gasteiger partial charge in [0, 0.05) is 0 Å². The molecule has 0 spiro atoms. The quantitative estimate of drug-likeness (QED) is 0.439. The highest BCUT2D eigenvalue weighted by Gasteiger charge is 2.44. The van der Waals surface area contributed by atoms with Gasteiger partial charge in [-0.15, -0.1) is 5.10 Å². The molecule has 2 aromatic heterocycles. The molecule has 0 bridgehead atoms. The largest absolute Gasteiger partial charge is 0.493 e. The Labute approximate surface area is 176 Å². The predicted molar refractivity (Wildman–Crippen MR) is 113 cm³/mol. The van der Waals surface area contributed by atoms with Gasteiger partial charge in [-0.3, -0.25) is 9.59 Å². The van der Waals surface area contributed by atoms with E-state index in [9.17, 15) is 14.7 Å². The minimum absolute atomic E-state index is 0.0621. The molecule has 1 aliphatic carbocycles. The number of nitrogens with one attached hydrogen (secondary N) is 2. The van der Waals surface area contributed by atoms with E-state index in [1.54, 1.807) is 0 Å². The lowest BCUT2D eigenvalue weighted by molar-refractivity contribution is -0.138. The van der Waals surface area contributed by atoms with Crippen LogP contribution >= 0.6 is 0 Å². The molecule has 2 aromatic carbocycles. The summed E-state index contributed by atoms with van der Waals surface area (Å²) in [5, 5.41) is 19.2. The van der Waals surface area contributed by atoms with E-state index in [1.807, 2.05) is 49.4 Å². The van der Waals surface area contributed by atoms with Crippen molar-refractivity contribution in [1.82, 2.24) is 25.4 Å². The second-order valence-corrected chi connectivity index (χ2v) is 7.48. The van der Waals surface area contributed by atoms with Crippen molar-refractivity contribution < 1.29 is 14.6 Å². The fourth-order valence-corrected chi connectivity index (χ4v) is 3.85. The van der Waals surface area contributed by atoms with Gasteiger partial charge in [-0.25, -0.2) is 10.1 Å². The van der Waals surface area contributed by atoms with Gasteiger partial charge in [-0.05, 0) is 48.1 Å². The third kappa shape index (κ3) is 3.43. The van der Waals surface area contributed by atoms with Gasteiger partial charge in [0.05, 0.1) is 18.1 Å². The zero-order valence-electron chi connectivity index (χ0n) is 16.6. The number of ether oxygens (including phenoxy) is 1. The molecule has 156 valence electrons. The summed E-state index contributed by atoms with van der Waals surface area (Å²) in [5.41, 5.74) is 3.62. The van der Waals surface area contributed by atoms with Gasteiger partial charge in [0.25, 0.3) is 5.56 Å². The molecule has 0 saturated heterocycles. The van der Waals surface area contributed by atoms with Crippen LogP contribution in [-0.4, -0.2) is 43.1 Å². The Balaban J connectivity index is 1.54.